The highest BCUT2D eigenvalue weighted by atomic mass is 32.2. The second kappa shape index (κ2) is 10.1. The standard InChI is InChI=1S/C25H30N6O3S/c1-25(2,3)19-7-5-18(6-8-19)23-26-27-24(28(23)4)35-17-22(32)30-15-13-29(14-16-30)20-9-11-21(12-10-20)31(33)34/h5-12H,13-17H2,1-4H3. The summed E-state index contributed by atoms with van der Waals surface area (Å²) in [5, 5.41) is 20.2. The Balaban J connectivity index is 1.31. The molecule has 0 saturated carbocycles. The van der Waals surface area contributed by atoms with E-state index in [0.717, 1.165) is 17.1 Å². The molecule has 0 atom stereocenters. The van der Waals surface area contributed by atoms with Crippen LogP contribution in [0, 0.1) is 10.1 Å². The molecule has 0 spiro atoms. The molecule has 1 aromatic heterocycles. The molecule has 0 radical (unpaired) electrons. The van der Waals surface area contributed by atoms with Gasteiger partial charge in [0.15, 0.2) is 11.0 Å². The Morgan fingerprint density at radius 2 is 1.63 bits per heavy atom. The van der Waals surface area contributed by atoms with Gasteiger partial charge in [-0.3, -0.25) is 14.9 Å². The second-order valence-electron chi connectivity index (χ2n) is 9.62. The number of thioether (sulfide) groups is 1. The fraction of sp³-hybridized carbons (Fsp3) is 0.400. The Bertz CT molecular complexity index is 1190. The maximum absolute atomic E-state index is 12.8. The molecule has 10 heteroatoms. The van der Waals surface area contributed by atoms with E-state index in [2.05, 4.69) is 60.1 Å². The van der Waals surface area contributed by atoms with Gasteiger partial charge in [-0.05, 0) is 23.1 Å². The first kappa shape index (κ1) is 24.7. The second-order valence-corrected chi connectivity index (χ2v) is 10.6. The topological polar surface area (TPSA) is 97.4 Å². The van der Waals surface area contributed by atoms with Gasteiger partial charge in [-0.1, -0.05) is 56.8 Å². The van der Waals surface area contributed by atoms with Crippen LogP contribution in [-0.2, 0) is 17.3 Å². The lowest BCUT2D eigenvalue weighted by atomic mass is 9.87. The third-order valence-electron chi connectivity index (χ3n) is 6.23. The van der Waals surface area contributed by atoms with Crippen molar-refractivity contribution >= 4 is 29.0 Å². The fourth-order valence-corrected chi connectivity index (χ4v) is 4.84. The molecule has 2 aromatic carbocycles. The third-order valence-corrected chi connectivity index (χ3v) is 7.23. The SMILES string of the molecule is Cn1c(SCC(=O)N2CCN(c3ccc([N+](=O)[O-])cc3)CC2)nnc1-c1ccc(C(C)(C)C)cc1. The van der Waals surface area contributed by atoms with Gasteiger partial charge in [-0.2, -0.15) is 0 Å². The molecule has 1 saturated heterocycles. The van der Waals surface area contributed by atoms with Gasteiger partial charge in [0, 0.05) is 56.6 Å². The predicted molar refractivity (Wildman–Crippen MR) is 138 cm³/mol. The van der Waals surface area contributed by atoms with Gasteiger partial charge in [-0.15, -0.1) is 10.2 Å². The zero-order valence-electron chi connectivity index (χ0n) is 20.5. The molecular formula is C25H30N6O3S. The van der Waals surface area contributed by atoms with Crippen LogP contribution in [0.2, 0.25) is 0 Å². The van der Waals surface area contributed by atoms with Gasteiger partial charge in [0.2, 0.25) is 5.91 Å². The van der Waals surface area contributed by atoms with E-state index in [1.54, 1.807) is 12.1 Å². The van der Waals surface area contributed by atoms with Gasteiger partial charge in [0.05, 0.1) is 10.7 Å². The van der Waals surface area contributed by atoms with E-state index in [-0.39, 0.29) is 17.0 Å². The largest absolute Gasteiger partial charge is 0.368 e. The van der Waals surface area contributed by atoms with Gasteiger partial charge in [0.25, 0.3) is 5.69 Å². The van der Waals surface area contributed by atoms with E-state index >= 15 is 0 Å². The number of rotatable bonds is 6. The average molecular weight is 495 g/mol. The van der Waals surface area contributed by atoms with Crippen molar-refractivity contribution in [1.29, 1.82) is 0 Å². The van der Waals surface area contributed by atoms with Gasteiger partial charge >= 0.3 is 0 Å². The van der Waals surface area contributed by atoms with Crippen molar-refractivity contribution in [1.82, 2.24) is 19.7 Å². The molecule has 0 N–H and O–H groups in total. The van der Waals surface area contributed by atoms with Crippen molar-refractivity contribution in [3.63, 3.8) is 0 Å². The fourth-order valence-electron chi connectivity index (χ4n) is 4.03. The summed E-state index contributed by atoms with van der Waals surface area (Å²) >= 11 is 1.39. The molecule has 184 valence electrons. The quantitative estimate of drug-likeness (QED) is 0.289. The molecule has 9 nitrogen and oxygen atoms in total. The van der Waals surface area contributed by atoms with Gasteiger partial charge < -0.3 is 14.4 Å². The third kappa shape index (κ3) is 5.64. The maximum atomic E-state index is 12.8. The van der Waals surface area contributed by atoms with E-state index in [4.69, 9.17) is 0 Å². The van der Waals surface area contributed by atoms with E-state index in [9.17, 15) is 14.9 Å². The van der Waals surface area contributed by atoms with Crippen LogP contribution in [0.5, 0.6) is 0 Å². The normalized spacial score (nSPS) is 14.3. The van der Waals surface area contributed by atoms with Crippen molar-refractivity contribution in [2.24, 2.45) is 7.05 Å². The Kier molecular flexibility index (Phi) is 7.11. The number of hydrogen-bond acceptors (Lipinski definition) is 7. The average Bonchev–Trinajstić information content (AvgIpc) is 3.22. The minimum atomic E-state index is -0.402. The number of carbonyl (C=O) groups is 1. The molecule has 3 aromatic rings. The Labute approximate surface area is 209 Å². The zero-order valence-corrected chi connectivity index (χ0v) is 21.3. The first-order chi connectivity index (χ1) is 16.6. The number of carbonyl (C=O) groups excluding carboxylic acids is 1. The highest BCUT2D eigenvalue weighted by Gasteiger charge is 2.23. The lowest BCUT2D eigenvalue weighted by Crippen LogP contribution is -2.49. The van der Waals surface area contributed by atoms with Crippen molar-refractivity contribution in [3.8, 4) is 11.4 Å². The first-order valence-electron chi connectivity index (χ1n) is 11.5. The van der Waals surface area contributed by atoms with Crippen molar-refractivity contribution in [3.05, 3.63) is 64.2 Å². The highest BCUT2D eigenvalue weighted by molar-refractivity contribution is 7.99. The Hall–Kier alpha value is -3.40. The van der Waals surface area contributed by atoms with Gasteiger partial charge in [0.1, 0.15) is 0 Å². The number of hydrogen-bond donors (Lipinski definition) is 0. The van der Waals surface area contributed by atoms with E-state index < -0.39 is 4.92 Å². The number of nitro groups is 1. The summed E-state index contributed by atoms with van der Waals surface area (Å²) < 4.78 is 1.93. The summed E-state index contributed by atoms with van der Waals surface area (Å²) in [6.45, 7) is 9.16. The summed E-state index contributed by atoms with van der Waals surface area (Å²) in [4.78, 5) is 27.2. The molecule has 1 aliphatic rings. The zero-order chi connectivity index (χ0) is 25.2. The van der Waals surface area contributed by atoms with Crippen LogP contribution in [0.4, 0.5) is 11.4 Å². The number of non-ortho nitro benzene ring substituents is 1. The molecule has 0 aliphatic carbocycles. The molecule has 0 bridgehead atoms. The number of aromatic nitrogens is 3. The lowest BCUT2D eigenvalue weighted by Gasteiger charge is -2.36. The number of anilines is 1. The summed E-state index contributed by atoms with van der Waals surface area (Å²) in [6, 6.07) is 14.9. The molecule has 1 aliphatic heterocycles. The van der Waals surface area contributed by atoms with Crippen LogP contribution in [0.1, 0.15) is 26.3 Å². The highest BCUT2D eigenvalue weighted by Crippen LogP contribution is 2.27. The summed E-state index contributed by atoms with van der Waals surface area (Å²) in [6.07, 6.45) is 0. The molecule has 1 amide bonds. The number of nitrogens with zero attached hydrogens (tertiary/aromatic N) is 6. The van der Waals surface area contributed by atoms with Crippen LogP contribution < -0.4 is 4.90 Å². The van der Waals surface area contributed by atoms with Crippen LogP contribution in [0.15, 0.2) is 53.7 Å². The number of benzene rings is 2. The van der Waals surface area contributed by atoms with Crippen molar-refractivity contribution in [2.45, 2.75) is 31.3 Å². The van der Waals surface area contributed by atoms with Crippen LogP contribution in [0.3, 0.4) is 0 Å². The summed E-state index contributed by atoms with van der Waals surface area (Å²) in [5.41, 5.74) is 3.35. The Morgan fingerprint density at radius 1 is 1.00 bits per heavy atom. The summed E-state index contributed by atoms with van der Waals surface area (Å²) in [5.74, 6) is 1.14. The van der Waals surface area contributed by atoms with Crippen molar-refractivity contribution < 1.29 is 9.72 Å². The molecule has 0 unspecified atom stereocenters. The number of amides is 1. The predicted octanol–water partition coefficient (Wildman–Crippen LogP) is 4.13. The van der Waals surface area contributed by atoms with E-state index in [1.807, 2.05) is 16.5 Å². The number of piperazine rings is 1. The molecule has 35 heavy (non-hydrogen) atoms. The van der Waals surface area contributed by atoms with Crippen LogP contribution >= 0.6 is 11.8 Å². The van der Waals surface area contributed by atoms with Crippen LogP contribution in [-0.4, -0.2) is 62.4 Å². The lowest BCUT2D eigenvalue weighted by molar-refractivity contribution is -0.384. The summed E-state index contributed by atoms with van der Waals surface area (Å²) in [7, 11) is 1.92. The monoisotopic (exact) mass is 494 g/mol. The molecule has 4 rings (SSSR count). The van der Waals surface area contributed by atoms with Crippen LogP contribution in [0.25, 0.3) is 11.4 Å². The maximum Gasteiger partial charge on any atom is 0.269 e. The smallest absolute Gasteiger partial charge is 0.269 e. The molecule has 1 fully saturated rings. The van der Waals surface area contributed by atoms with Crippen molar-refractivity contribution in [2.75, 3.05) is 36.8 Å². The van der Waals surface area contributed by atoms with Gasteiger partial charge in [-0.25, -0.2) is 0 Å². The number of nitro benzene ring substituents is 1. The molecule has 2 heterocycles. The molecular weight excluding hydrogens is 464 g/mol. The minimum absolute atomic E-state index is 0.0671. The minimum Gasteiger partial charge on any atom is -0.368 e. The van der Waals surface area contributed by atoms with E-state index in [0.29, 0.717) is 37.1 Å². The Morgan fingerprint density at radius 3 is 2.20 bits per heavy atom. The van der Waals surface area contributed by atoms with E-state index in [1.165, 1.54) is 29.5 Å². The first-order valence-corrected chi connectivity index (χ1v) is 12.5.